The predicted molar refractivity (Wildman–Crippen MR) is 85.9 cm³/mol. The lowest BCUT2D eigenvalue weighted by Crippen LogP contribution is -2.18. The van der Waals surface area contributed by atoms with Gasteiger partial charge >= 0.3 is 0 Å². The van der Waals surface area contributed by atoms with Crippen molar-refractivity contribution in [1.29, 1.82) is 0 Å². The van der Waals surface area contributed by atoms with Crippen molar-refractivity contribution in [2.45, 2.75) is 24.8 Å². The van der Waals surface area contributed by atoms with E-state index in [1.54, 1.807) is 18.2 Å². The first kappa shape index (κ1) is 15.5. The molecule has 21 heavy (non-hydrogen) atoms. The first-order chi connectivity index (χ1) is 9.92. The van der Waals surface area contributed by atoms with Crippen LogP contribution in [0.1, 0.15) is 24.1 Å². The van der Waals surface area contributed by atoms with Crippen LogP contribution >= 0.6 is 0 Å². The van der Waals surface area contributed by atoms with Crippen LogP contribution in [-0.2, 0) is 10.0 Å². The molecule has 2 N–H and O–H groups in total. The van der Waals surface area contributed by atoms with E-state index in [0.717, 1.165) is 11.3 Å². The van der Waals surface area contributed by atoms with Crippen molar-refractivity contribution >= 4 is 15.7 Å². The number of nitrogens with one attached hydrogen (secondary N) is 2. The molecule has 1 unspecified atom stereocenters. The minimum absolute atomic E-state index is 0.0949. The van der Waals surface area contributed by atoms with Gasteiger partial charge in [0.1, 0.15) is 0 Å². The van der Waals surface area contributed by atoms with Crippen LogP contribution in [0.25, 0.3) is 0 Å². The molecule has 0 bridgehead atoms. The van der Waals surface area contributed by atoms with E-state index in [-0.39, 0.29) is 10.9 Å². The van der Waals surface area contributed by atoms with Crippen molar-refractivity contribution in [2.75, 3.05) is 12.4 Å². The van der Waals surface area contributed by atoms with Crippen molar-refractivity contribution in [3.8, 4) is 0 Å². The summed E-state index contributed by atoms with van der Waals surface area (Å²) >= 11 is 0. The largest absolute Gasteiger partial charge is 0.378 e. The minimum atomic E-state index is -3.42. The summed E-state index contributed by atoms with van der Waals surface area (Å²) in [4.78, 5) is 0.256. The third-order valence-electron chi connectivity index (χ3n) is 3.34. The monoisotopic (exact) mass is 304 g/mol. The molecule has 0 saturated carbocycles. The number of sulfonamides is 1. The van der Waals surface area contributed by atoms with E-state index in [2.05, 4.69) is 35.2 Å². The van der Waals surface area contributed by atoms with Crippen molar-refractivity contribution < 1.29 is 8.42 Å². The van der Waals surface area contributed by atoms with E-state index < -0.39 is 10.0 Å². The Bertz CT molecular complexity index is 727. The third kappa shape index (κ3) is 3.83. The van der Waals surface area contributed by atoms with E-state index in [4.69, 9.17) is 0 Å². The topological polar surface area (TPSA) is 58.2 Å². The van der Waals surface area contributed by atoms with Gasteiger partial charge < -0.3 is 5.32 Å². The van der Waals surface area contributed by atoms with Gasteiger partial charge in [0.2, 0.25) is 10.0 Å². The molecule has 0 fully saturated rings. The van der Waals surface area contributed by atoms with Crippen molar-refractivity contribution in [3.63, 3.8) is 0 Å². The van der Waals surface area contributed by atoms with Gasteiger partial charge in [0, 0.05) is 11.7 Å². The van der Waals surface area contributed by atoms with E-state index in [0.29, 0.717) is 0 Å². The van der Waals surface area contributed by atoms with Crippen molar-refractivity contribution in [1.82, 2.24) is 4.72 Å². The zero-order valence-corrected chi connectivity index (χ0v) is 13.2. The second kappa shape index (κ2) is 6.28. The second-order valence-corrected chi connectivity index (χ2v) is 6.90. The van der Waals surface area contributed by atoms with Crippen LogP contribution in [0.15, 0.2) is 53.4 Å². The number of hydrogen-bond acceptors (Lipinski definition) is 3. The SMILES string of the molecule is CNS(=O)(=O)c1cccc(NC(C)c2cccc(C)c2)c1. The minimum Gasteiger partial charge on any atom is -0.378 e. The quantitative estimate of drug-likeness (QED) is 0.892. The van der Waals surface area contributed by atoms with Gasteiger partial charge in [0.15, 0.2) is 0 Å². The Morgan fingerprint density at radius 2 is 1.76 bits per heavy atom. The molecule has 0 aromatic heterocycles. The van der Waals surface area contributed by atoms with Gasteiger partial charge in [-0.25, -0.2) is 13.1 Å². The van der Waals surface area contributed by atoms with Crippen LogP contribution in [-0.4, -0.2) is 15.5 Å². The molecular weight excluding hydrogens is 284 g/mol. The fraction of sp³-hybridized carbons (Fsp3) is 0.250. The average molecular weight is 304 g/mol. The molecule has 0 radical (unpaired) electrons. The molecule has 1 atom stereocenters. The molecule has 112 valence electrons. The van der Waals surface area contributed by atoms with Crippen molar-refractivity contribution in [3.05, 3.63) is 59.7 Å². The van der Waals surface area contributed by atoms with Gasteiger partial charge in [0.25, 0.3) is 0 Å². The predicted octanol–water partition coefficient (Wildman–Crippen LogP) is 3.08. The van der Waals surface area contributed by atoms with Gasteiger partial charge in [-0.05, 0) is 44.7 Å². The molecular formula is C16H20N2O2S. The van der Waals surface area contributed by atoms with Crippen LogP contribution in [0.3, 0.4) is 0 Å². The number of benzene rings is 2. The molecule has 2 aromatic carbocycles. The second-order valence-electron chi connectivity index (χ2n) is 5.02. The number of rotatable bonds is 5. The molecule has 5 heteroatoms. The Hall–Kier alpha value is -1.85. The average Bonchev–Trinajstić information content (AvgIpc) is 2.47. The molecule has 2 rings (SSSR count). The maximum absolute atomic E-state index is 11.8. The van der Waals surface area contributed by atoms with Crippen LogP contribution in [0.2, 0.25) is 0 Å². The lowest BCUT2D eigenvalue weighted by Gasteiger charge is -2.17. The van der Waals surface area contributed by atoms with Gasteiger partial charge in [0.05, 0.1) is 4.90 Å². The molecule has 0 heterocycles. The molecule has 0 saturated heterocycles. The maximum atomic E-state index is 11.8. The summed E-state index contributed by atoms with van der Waals surface area (Å²) in [5.74, 6) is 0. The van der Waals surface area contributed by atoms with Crippen LogP contribution < -0.4 is 10.0 Å². The standard InChI is InChI=1S/C16H20N2O2S/c1-12-6-4-7-14(10-12)13(2)18-15-8-5-9-16(11-15)21(19,20)17-3/h4-11,13,17-18H,1-3H3. The molecule has 0 amide bonds. The van der Waals surface area contributed by atoms with Crippen LogP contribution in [0, 0.1) is 6.92 Å². The summed E-state index contributed by atoms with van der Waals surface area (Å²) in [6.45, 7) is 4.10. The molecule has 0 aliphatic rings. The highest BCUT2D eigenvalue weighted by molar-refractivity contribution is 7.89. The fourth-order valence-corrected chi connectivity index (χ4v) is 2.92. The molecule has 0 aliphatic heterocycles. The van der Waals surface area contributed by atoms with E-state index in [9.17, 15) is 8.42 Å². The number of anilines is 1. The third-order valence-corrected chi connectivity index (χ3v) is 4.75. The molecule has 2 aromatic rings. The van der Waals surface area contributed by atoms with Gasteiger partial charge in [-0.15, -0.1) is 0 Å². The summed E-state index contributed by atoms with van der Waals surface area (Å²) in [5, 5.41) is 3.33. The van der Waals surface area contributed by atoms with Crippen LogP contribution in [0.5, 0.6) is 0 Å². The first-order valence-corrected chi connectivity index (χ1v) is 8.27. The number of hydrogen-bond donors (Lipinski definition) is 2. The molecule has 4 nitrogen and oxygen atoms in total. The van der Waals surface area contributed by atoms with Crippen molar-refractivity contribution in [2.24, 2.45) is 0 Å². The van der Waals surface area contributed by atoms with Crippen LogP contribution in [0.4, 0.5) is 5.69 Å². The Labute approximate surface area is 126 Å². The Balaban J connectivity index is 2.22. The molecule has 0 aliphatic carbocycles. The first-order valence-electron chi connectivity index (χ1n) is 6.79. The van der Waals surface area contributed by atoms with E-state index in [1.165, 1.54) is 12.6 Å². The van der Waals surface area contributed by atoms with Gasteiger partial charge in [-0.1, -0.05) is 35.9 Å². The molecule has 0 spiro atoms. The summed E-state index contributed by atoms with van der Waals surface area (Å²) in [5.41, 5.74) is 3.14. The normalized spacial score (nSPS) is 12.9. The zero-order valence-electron chi connectivity index (χ0n) is 12.4. The summed E-state index contributed by atoms with van der Waals surface area (Å²) < 4.78 is 26.0. The summed E-state index contributed by atoms with van der Waals surface area (Å²) in [6.07, 6.45) is 0. The van der Waals surface area contributed by atoms with Gasteiger partial charge in [-0.2, -0.15) is 0 Å². The Kier molecular flexibility index (Phi) is 4.65. The fourth-order valence-electron chi connectivity index (χ4n) is 2.14. The Morgan fingerprint density at radius 3 is 2.43 bits per heavy atom. The number of aryl methyl sites for hydroxylation is 1. The zero-order chi connectivity index (χ0) is 15.5. The highest BCUT2D eigenvalue weighted by Gasteiger charge is 2.12. The lowest BCUT2D eigenvalue weighted by atomic mass is 10.1. The lowest BCUT2D eigenvalue weighted by molar-refractivity contribution is 0.588. The Morgan fingerprint density at radius 1 is 1.05 bits per heavy atom. The summed E-state index contributed by atoms with van der Waals surface area (Å²) in [6, 6.07) is 15.1. The smallest absolute Gasteiger partial charge is 0.240 e. The maximum Gasteiger partial charge on any atom is 0.240 e. The van der Waals surface area contributed by atoms with E-state index in [1.807, 2.05) is 19.1 Å². The van der Waals surface area contributed by atoms with E-state index >= 15 is 0 Å². The highest BCUT2D eigenvalue weighted by Crippen LogP contribution is 2.22. The summed E-state index contributed by atoms with van der Waals surface area (Å²) in [7, 11) is -2.01. The van der Waals surface area contributed by atoms with Gasteiger partial charge in [-0.3, -0.25) is 0 Å². The highest BCUT2D eigenvalue weighted by atomic mass is 32.2.